The van der Waals surface area contributed by atoms with E-state index in [2.05, 4.69) is 31.0 Å². The number of nitrogens with two attached hydrogens (primary N) is 4. The number of hydrogen-bond acceptors (Lipinski definition) is 8. The third kappa shape index (κ3) is 12.3. The Kier molecular flexibility index (Phi) is 15.2. The van der Waals surface area contributed by atoms with Crippen LogP contribution in [0.1, 0.15) is 70.2 Å². The van der Waals surface area contributed by atoms with Crippen molar-refractivity contribution in [3.63, 3.8) is 0 Å². The molecule has 0 radical (unpaired) electrons. The van der Waals surface area contributed by atoms with Gasteiger partial charge in [-0.1, -0.05) is 98.8 Å². The molecule has 1 saturated heterocycles. The quantitative estimate of drug-likeness (QED) is 0.0590. The highest BCUT2D eigenvalue weighted by Gasteiger charge is 2.33. The van der Waals surface area contributed by atoms with Crippen LogP contribution in [0, 0.1) is 5.92 Å². The lowest BCUT2D eigenvalue weighted by Crippen LogP contribution is -2.59. The summed E-state index contributed by atoms with van der Waals surface area (Å²) in [7, 11) is 0. The molecule has 2 atom stereocenters. The third-order valence-electron chi connectivity index (χ3n) is 9.69. The topological polar surface area (TPSA) is 252 Å². The van der Waals surface area contributed by atoms with Gasteiger partial charge in [-0.25, -0.2) is 0 Å². The number of carbonyl (C=O) groups excluding carboxylic acids is 4. The van der Waals surface area contributed by atoms with Gasteiger partial charge in [0.05, 0.1) is 5.71 Å². The standard InChI is InChI=1S/C44H52N12O4/c1-28(2)25-36(49-40(58)35-16-10-15-34(27-35)29(3)51-53-43(45)46)41(59)55-21-23-56(24-22-55)42(60)37(26-30-11-6-4-7-12-30)50-39(57)33-19-17-32(18-20-33)38(52-54-44(47)48)31-13-8-5-9-14-31/h4-20,27-28,36-37H,21-26H2,1-3H3,(H,49,58)(H,50,57)(H4,45,46,53)(H4,47,48,54)/b51-29+,52-38+/t36-,37-/m0/s1. The van der Waals surface area contributed by atoms with E-state index in [4.69, 9.17) is 22.9 Å². The first kappa shape index (κ1) is 43.8. The molecule has 0 saturated carbocycles. The first-order valence-electron chi connectivity index (χ1n) is 19.6. The van der Waals surface area contributed by atoms with Gasteiger partial charge < -0.3 is 43.4 Å². The predicted molar refractivity (Wildman–Crippen MR) is 234 cm³/mol. The molecule has 60 heavy (non-hydrogen) atoms. The van der Waals surface area contributed by atoms with Gasteiger partial charge in [0, 0.05) is 54.9 Å². The van der Waals surface area contributed by atoms with Crippen molar-refractivity contribution in [1.29, 1.82) is 0 Å². The van der Waals surface area contributed by atoms with Crippen LogP contribution in [0.5, 0.6) is 0 Å². The molecule has 4 aromatic rings. The Hall–Kier alpha value is -7.36. The van der Waals surface area contributed by atoms with E-state index in [-0.39, 0.29) is 62.3 Å². The monoisotopic (exact) mass is 812 g/mol. The van der Waals surface area contributed by atoms with E-state index in [1.54, 1.807) is 65.3 Å². The van der Waals surface area contributed by atoms with Crippen LogP contribution in [0.25, 0.3) is 0 Å². The van der Waals surface area contributed by atoms with Crippen molar-refractivity contribution >= 4 is 47.0 Å². The average Bonchev–Trinajstić information content (AvgIpc) is 3.25. The van der Waals surface area contributed by atoms with Gasteiger partial charge in [0.2, 0.25) is 23.7 Å². The van der Waals surface area contributed by atoms with Crippen LogP contribution >= 0.6 is 0 Å². The molecular weight excluding hydrogens is 761 g/mol. The molecule has 0 bridgehead atoms. The van der Waals surface area contributed by atoms with E-state index in [0.717, 1.165) is 11.1 Å². The fourth-order valence-corrected chi connectivity index (χ4v) is 6.66. The summed E-state index contributed by atoms with van der Waals surface area (Å²) in [6.07, 6.45) is 0.673. The molecule has 312 valence electrons. The summed E-state index contributed by atoms with van der Waals surface area (Å²) in [5.41, 5.74) is 26.5. The summed E-state index contributed by atoms with van der Waals surface area (Å²) >= 11 is 0. The fraction of sp³-hybridized carbons (Fsp3) is 0.273. The zero-order chi connectivity index (χ0) is 43.2. The summed E-state index contributed by atoms with van der Waals surface area (Å²) < 4.78 is 0. The molecule has 1 aliphatic rings. The first-order chi connectivity index (χ1) is 28.8. The Morgan fingerprint density at radius 1 is 0.567 bits per heavy atom. The van der Waals surface area contributed by atoms with Crippen LogP contribution in [-0.2, 0) is 16.0 Å². The number of nitrogens with zero attached hydrogens (tertiary/aromatic N) is 6. The van der Waals surface area contributed by atoms with Crippen LogP contribution in [0.4, 0.5) is 0 Å². The van der Waals surface area contributed by atoms with Gasteiger partial charge in [0.1, 0.15) is 17.8 Å². The molecule has 0 spiro atoms. The van der Waals surface area contributed by atoms with E-state index in [1.807, 2.05) is 74.5 Å². The number of carbonyl (C=O) groups is 4. The minimum absolute atomic E-state index is 0.102. The van der Waals surface area contributed by atoms with Crippen molar-refractivity contribution in [2.24, 2.45) is 49.3 Å². The Labute approximate surface area is 349 Å². The lowest BCUT2D eigenvalue weighted by atomic mass is 10.00. The van der Waals surface area contributed by atoms with Gasteiger partial charge in [-0.05, 0) is 54.7 Å². The van der Waals surface area contributed by atoms with E-state index >= 15 is 0 Å². The minimum Gasteiger partial charge on any atom is -0.369 e. The van der Waals surface area contributed by atoms with Crippen LogP contribution < -0.4 is 33.6 Å². The number of benzene rings is 4. The molecule has 1 aliphatic heterocycles. The number of nitrogens with one attached hydrogen (secondary N) is 2. The second-order valence-electron chi connectivity index (χ2n) is 14.7. The van der Waals surface area contributed by atoms with Gasteiger partial charge in [0.25, 0.3) is 11.8 Å². The number of rotatable bonds is 15. The van der Waals surface area contributed by atoms with Gasteiger partial charge >= 0.3 is 0 Å². The maximum Gasteiger partial charge on any atom is 0.251 e. The lowest BCUT2D eigenvalue weighted by molar-refractivity contribution is -0.141. The second-order valence-corrected chi connectivity index (χ2v) is 14.7. The maximum absolute atomic E-state index is 14.2. The van der Waals surface area contributed by atoms with E-state index < -0.39 is 23.9 Å². The molecule has 1 heterocycles. The molecule has 0 unspecified atom stereocenters. The molecular formula is C44H52N12O4. The number of amides is 4. The Morgan fingerprint density at radius 2 is 1.03 bits per heavy atom. The number of guanidine groups is 2. The highest BCUT2D eigenvalue weighted by Crippen LogP contribution is 2.17. The van der Waals surface area contributed by atoms with Crippen LogP contribution in [0.2, 0.25) is 0 Å². The summed E-state index contributed by atoms with van der Waals surface area (Å²) in [5, 5.41) is 21.6. The maximum atomic E-state index is 14.2. The Balaban J connectivity index is 1.27. The molecule has 1 fully saturated rings. The Morgan fingerprint density at radius 3 is 1.62 bits per heavy atom. The first-order valence-corrected chi connectivity index (χ1v) is 19.6. The number of hydrogen-bond donors (Lipinski definition) is 6. The van der Waals surface area contributed by atoms with Gasteiger partial charge in [0.15, 0.2) is 0 Å². The zero-order valence-electron chi connectivity index (χ0n) is 34.0. The highest BCUT2D eigenvalue weighted by molar-refractivity contribution is 6.13. The fourth-order valence-electron chi connectivity index (χ4n) is 6.66. The van der Waals surface area contributed by atoms with Gasteiger partial charge in [-0.3, -0.25) is 19.2 Å². The van der Waals surface area contributed by atoms with E-state index in [1.165, 1.54) is 0 Å². The smallest absolute Gasteiger partial charge is 0.251 e. The summed E-state index contributed by atoms with van der Waals surface area (Å²) in [4.78, 5) is 58.7. The summed E-state index contributed by atoms with van der Waals surface area (Å²) in [5.74, 6) is -1.62. The summed E-state index contributed by atoms with van der Waals surface area (Å²) in [6, 6.07) is 30.7. The molecule has 0 aliphatic carbocycles. The Bertz CT molecular complexity index is 2240. The summed E-state index contributed by atoms with van der Waals surface area (Å²) in [6.45, 7) is 6.68. The van der Waals surface area contributed by atoms with Gasteiger partial charge in [-0.15, -0.1) is 15.3 Å². The van der Waals surface area contributed by atoms with Crippen molar-refractivity contribution < 1.29 is 19.2 Å². The SMILES string of the molecule is C/C(=N\N=C(N)N)c1cccc(C(=O)N[C@@H](CC(C)C)C(=O)N2CCN(C(=O)[C@H](Cc3ccccc3)NC(=O)c3ccc(/C(=N/N=C(N)N)c4ccccc4)cc3)CC2)c1. The van der Waals surface area contributed by atoms with Crippen LogP contribution in [0.15, 0.2) is 130 Å². The normalized spacial score (nSPS) is 14.1. The van der Waals surface area contributed by atoms with E-state index in [9.17, 15) is 19.2 Å². The van der Waals surface area contributed by atoms with Crippen molar-refractivity contribution in [3.05, 3.63) is 143 Å². The molecule has 4 aromatic carbocycles. The van der Waals surface area contributed by atoms with Crippen LogP contribution in [0.3, 0.4) is 0 Å². The van der Waals surface area contributed by atoms with Crippen molar-refractivity contribution in [3.8, 4) is 0 Å². The van der Waals surface area contributed by atoms with Crippen molar-refractivity contribution in [1.82, 2.24) is 20.4 Å². The molecule has 16 nitrogen and oxygen atoms in total. The largest absolute Gasteiger partial charge is 0.369 e. The molecule has 5 rings (SSSR count). The molecule has 0 aromatic heterocycles. The minimum atomic E-state index is -0.887. The predicted octanol–water partition coefficient (Wildman–Crippen LogP) is 2.57. The van der Waals surface area contributed by atoms with Crippen molar-refractivity contribution in [2.45, 2.75) is 45.7 Å². The third-order valence-corrected chi connectivity index (χ3v) is 9.69. The van der Waals surface area contributed by atoms with E-state index in [0.29, 0.717) is 40.1 Å². The highest BCUT2D eigenvalue weighted by atomic mass is 16.2. The van der Waals surface area contributed by atoms with Gasteiger partial charge in [-0.2, -0.15) is 5.10 Å². The molecule has 16 heteroatoms. The lowest BCUT2D eigenvalue weighted by Gasteiger charge is -2.38. The van der Waals surface area contributed by atoms with Crippen LogP contribution in [-0.4, -0.2) is 95.0 Å². The zero-order valence-corrected chi connectivity index (χ0v) is 34.0. The average molecular weight is 813 g/mol. The number of piperazine rings is 1. The molecule has 4 amide bonds. The molecule has 10 N–H and O–H groups in total. The van der Waals surface area contributed by atoms with Crippen molar-refractivity contribution in [2.75, 3.05) is 26.2 Å². The second kappa shape index (κ2) is 20.9.